The molecule has 7 N–H and O–H groups in total. The Morgan fingerprint density at radius 1 is 1.16 bits per heavy atom. The van der Waals surface area contributed by atoms with Crippen LogP contribution in [0.1, 0.15) is 11.7 Å². The molecule has 19 heavy (non-hydrogen) atoms. The molecule has 0 fully saturated rings. The van der Waals surface area contributed by atoms with Crippen molar-refractivity contribution in [2.45, 2.75) is 6.10 Å². The lowest BCUT2D eigenvalue weighted by Crippen LogP contribution is -2.15. The van der Waals surface area contributed by atoms with Crippen molar-refractivity contribution >= 4 is 17.6 Å². The van der Waals surface area contributed by atoms with Gasteiger partial charge < -0.3 is 21.6 Å². The van der Waals surface area contributed by atoms with Gasteiger partial charge in [-0.2, -0.15) is 9.97 Å². The van der Waals surface area contributed by atoms with Crippen LogP contribution >= 0.6 is 0 Å². The summed E-state index contributed by atoms with van der Waals surface area (Å²) in [4.78, 5) is 7.86. The minimum atomic E-state index is -0.633. The Morgan fingerprint density at radius 3 is 2.53 bits per heavy atom. The standard InChI is InChI=1S/C12H16N6O/c13-12-16-10(6-11(17-12)18-14)15-7-9(19)8-4-2-1-3-5-8/h1-6,9,19H,7,14H2,(H4,13,15,16,17,18). The number of hydrogen-bond acceptors (Lipinski definition) is 7. The van der Waals surface area contributed by atoms with Gasteiger partial charge >= 0.3 is 0 Å². The zero-order valence-corrected chi connectivity index (χ0v) is 10.2. The van der Waals surface area contributed by atoms with E-state index in [9.17, 15) is 5.11 Å². The molecule has 0 aliphatic carbocycles. The molecule has 7 nitrogen and oxygen atoms in total. The van der Waals surface area contributed by atoms with Crippen LogP contribution in [0.25, 0.3) is 0 Å². The van der Waals surface area contributed by atoms with Crippen molar-refractivity contribution in [1.82, 2.24) is 9.97 Å². The third kappa shape index (κ3) is 3.54. The van der Waals surface area contributed by atoms with E-state index < -0.39 is 6.10 Å². The van der Waals surface area contributed by atoms with Gasteiger partial charge in [-0.1, -0.05) is 30.3 Å². The van der Waals surface area contributed by atoms with Crippen LogP contribution in [0, 0.1) is 0 Å². The summed E-state index contributed by atoms with van der Waals surface area (Å²) >= 11 is 0. The van der Waals surface area contributed by atoms with Gasteiger partial charge in [0.2, 0.25) is 5.95 Å². The number of nitrogen functional groups attached to an aromatic ring is 2. The predicted octanol–water partition coefficient (Wildman–Crippen LogP) is 0.490. The second-order valence-electron chi connectivity index (χ2n) is 3.95. The van der Waals surface area contributed by atoms with Crippen LogP contribution in [0.2, 0.25) is 0 Å². The summed E-state index contributed by atoms with van der Waals surface area (Å²) in [6.07, 6.45) is -0.633. The van der Waals surface area contributed by atoms with Crippen molar-refractivity contribution in [3.05, 3.63) is 42.0 Å². The first-order valence-electron chi connectivity index (χ1n) is 5.77. The maximum Gasteiger partial charge on any atom is 0.223 e. The highest BCUT2D eigenvalue weighted by molar-refractivity contribution is 5.50. The fourth-order valence-electron chi connectivity index (χ4n) is 1.62. The third-order valence-corrected chi connectivity index (χ3v) is 2.55. The number of nitrogens with zero attached hydrogens (tertiary/aromatic N) is 2. The Balaban J connectivity index is 2.01. The maximum atomic E-state index is 10.0. The van der Waals surface area contributed by atoms with Crippen LogP contribution < -0.4 is 22.3 Å². The molecule has 0 radical (unpaired) electrons. The van der Waals surface area contributed by atoms with Gasteiger partial charge in [0, 0.05) is 12.6 Å². The van der Waals surface area contributed by atoms with E-state index in [2.05, 4.69) is 20.7 Å². The number of hydrogen-bond donors (Lipinski definition) is 5. The van der Waals surface area contributed by atoms with E-state index in [0.29, 0.717) is 18.2 Å². The number of benzene rings is 1. The third-order valence-electron chi connectivity index (χ3n) is 2.55. The zero-order chi connectivity index (χ0) is 13.7. The number of aromatic nitrogens is 2. The van der Waals surface area contributed by atoms with Crippen LogP contribution in [0.5, 0.6) is 0 Å². The van der Waals surface area contributed by atoms with Gasteiger partial charge in [-0.3, -0.25) is 0 Å². The van der Waals surface area contributed by atoms with E-state index in [-0.39, 0.29) is 5.95 Å². The van der Waals surface area contributed by atoms with Crippen molar-refractivity contribution in [2.24, 2.45) is 5.84 Å². The first kappa shape index (κ1) is 13.1. The van der Waals surface area contributed by atoms with Gasteiger partial charge in [0.05, 0.1) is 6.10 Å². The van der Waals surface area contributed by atoms with Crippen molar-refractivity contribution in [3.8, 4) is 0 Å². The highest BCUT2D eigenvalue weighted by atomic mass is 16.3. The molecule has 1 unspecified atom stereocenters. The van der Waals surface area contributed by atoms with Gasteiger partial charge in [0.15, 0.2) is 0 Å². The summed E-state index contributed by atoms with van der Waals surface area (Å²) in [7, 11) is 0. The van der Waals surface area contributed by atoms with Crippen molar-refractivity contribution in [1.29, 1.82) is 0 Å². The van der Waals surface area contributed by atoms with Crippen LogP contribution in [-0.4, -0.2) is 21.6 Å². The molecule has 100 valence electrons. The number of anilines is 3. The average molecular weight is 260 g/mol. The Hall–Kier alpha value is -2.38. The monoisotopic (exact) mass is 260 g/mol. The summed E-state index contributed by atoms with van der Waals surface area (Å²) in [5.74, 6) is 6.27. The molecular weight excluding hydrogens is 244 g/mol. The topological polar surface area (TPSA) is 122 Å². The Morgan fingerprint density at radius 2 is 1.84 bits per heavy atom. The normalized spacial score (nSPS) is 11.9. The second kappa shape index (κ2) is 5.98. The molecular formula is C12H16N6O. The van der Waals surface area contributed by atoms with E-state index in [0.717, 1.165) is 5.56 Å². The minimum Gasteiger partial charge on any atom is -0.387 e. The molecule has 2 aromatic rings. The first-order chi connectivity index (χ1) is 9.19. The first-order valence-corrected chi connectivity index (χ1v) is 5.77. The molecule has 0 saturated carbocycles. The van der Waals surface area contributed by atoms with Crippen LogP contribution in [0.15, 0.2) is 36.4 Å². The van der Waals surface area contributed by atoms with Gasteiger partial charge in [-0.15, -0.1) is 0 Å². The molecule has 7 heteroatoms. The molecule has 0 bridgehead atoms. The Kier molecular flexibility index (Phi) is 4.11. The molecule has 0 amide bonds. The Bertz CT molecular complexity index is 533. The SMILES string of the molecule is NNc1cc(NCC(O)c2ccccc2)nc(N)n1. The highest BCUT2D eigenvalue weighted by Crippen LogP contribution is 2.15. The number of aliphatic hydroxyl groups is 1. The average Bonchev–Trinajstić information content (AvgIpc) is 2.45. The number of hydrazine groups is 1. The van der Waals surface area contributed by atoms with Gasteiger partial charge in [0.25, 0.3) is 0 Å². The fraction of sp³-hybridized carbons (Fsp3) is 0.167. The quantitative estimate of drug-likeness (QED) is 0.391. The van der Waals surface area contributed by atoms with E-state index in [4.69, 9.17) is 11.6 Å². The lowest BCUT2D eigenvalue weighted by Gasteiger charge is -2.13. The minimum absolute atomic E-state index is 0.104. The van der Waals surface area contributed by atoms with Gasteiger partial charge in [-0.05, 0) is 5.56 Å². The number of nitrogens with two attached hydrogens (primary N) is 2. The summed E-state index contributed by atoms with van der Waals surface area (Å²) < 4.78 is 0. The molecule has 0 spiro atoms. The van der Waals surface area contributed by atoms with Crippen LogP contribution in [0.3, 0.4) is 0 Å². The molecule has 1 aromatic heterocycles. The van der Waals surface area contributed by atoms with Gasteiger partial charge in [-0.25, -0.2) is 5.84 Å². The lowest BCUT2D eigenvalue weighted by atomic mass is 10.1. The summed E-state index contributed by atoms with van der Waals surface area (Å²) in [5, 5.41) is 13.0. The smallest absolute Gasteiger partial charge is 0.223 e. The van der Waals surface area contributed by atoms with E-state index in [1.807, 2.05) is 30.3 Å². The maximum absolute atomic E-state index is 10.0. The summed E-state index contributed by atoms with van der Waals surface area (Å²) in [6, 6.07) is 11.0. The predicted molar refractivity (Wildman–Crippen MR) is 74.1 cm³/mol. The van der Waals surface area contributed by atoms with E-state index >= 15 is 0 Å². The van der Waals surface area contributed by atoms with Crippen molar-refractivity contribution in [2.75, 3.05) is 23.0 Å². The molecule has 1 aromatic carbocycles. The fourth-order valence-corrected chi connectivity index (χ4v) is 1.62. The lowest BCUT2D eigenvalue weighted by molar-refractivity contribution is 0.191. The summed E-state index contributed by atoms with van der Waals surface area (Å²) in [5.41, 5.74) is 8.75. The van der Waals surface area contributed by atoms with Crippen LogP contribution in [-0.2, 0) is 0 Å². The summed E-state index contributed by atoms with van der Waals surface area (Å²) in [6.45, 7) is 0.310. The number of aliphatic hydroxyl groups excluding tert-OH is 1. The van der Waals surface area contributed by atoms with E-state index in [1.165, 1.54) is 0 Å². The molecule has 0 aliphatic heterocycles. The zero-order valence-electron chi connectivity index (χ0n) is 10.2. The van der Waals surface area contributed by atoms with Crippen molar-refractivity contribution < 1.29 is 5.11 Å². The largest absolute Gasteiger partial charge is 0.387 e. The second-order valence-corrected chi connectivity index (χ2v) is 3.95. The van der Waals surface area contributed by atoms with Crippen LogP contribution in [0.4, 0.5) is 17.6 Å². The molecule has 0 aliphatic rings. The Labute approximate surface area is 110 Å². The number of rotatable bonds is 5. The molecule has 0 saturated heterocycles. The molecule has 1 heterocycles. The molecule has 1 atom stereocenters. The number of nitrogens with one attached hydrogen (secondary N) is 2. The molecule has 2 rings (SSSR count). The highest BCUT2D eigenvalue weighted by Gasteiger charge is 2.07. The van der Waals surface area contributed by atoms with Gasteiger partial charge in [0.1, 0.15) is 11.6 Å². The van der Waals surface area contributed by atoms with E-state index in [1.54, 1.807) is 6.07 Å². The van der Waals surface area contributed by atoms with Crippen molar-refractivity contribution in [3.63, 3.8) is 0 Å².